The molecule has 0 nitrogen and oxygen atoms in total. The Morgan fingerprint density at radius 3 is 2.07 bits per heavy atom. The van der Waals surface area contributed by atoms with Gasteiger partial charge in [0.1, 0.15) is 0 Å². The molecule has 0 aliphatic rings. The molecule has 0 radical (unpaired) electrons. The summed E-state index contributed by atoms with van der Waals surface area (Å²) in [6, 6.07) is 2.39. The molecule has 0 unspecified atom stereocenters. The van der Waals surface area contributed by atoms with Crippen molar-refractivity contribution in [2.45, 2.75) is 19.3 Å². The molecule has 1 rings (SSSR count). The van der Waals surface area contributed by atoms with Crippen molar-refractivity contribution in [3.8, 4) is 0 Å². The molecule has 0 aliphatic heterocycles. The van der Waals surface area contributed by atoms with E-state index in [9.17, 15) is 8.78 Å². The summed E-state index contributed by atoms with van der Waals surface area (Å²) in [7, 11) is 0. The molecule has 1 aromatic rings. The van der Waals surface area contributed by atoms with E-state index in [-0.39, 0.29) is 0 Å². The quantitative estimate of drug-likeness (QED) is 0.661. The van der Waals surface area contributed by atoms with Gasteiger partial charge in [0.15, 0.2) is 11.6 Å². The molecule has 0 bridgehead atoms. The molecule has 0 fully saturated rings. The zero-order valence-electron chi connectivity index (χ0n) is 8.98. The standard InChI is InChI=1S/C13H14F2/c1-5-13(4,6-2)10-8-12(15)11(14)7-9(10)3/h5-8H,1-2H2,3-4H3. The van der Waals surface area contributed by atoms with Crippen LogP contribution in [0.1, 0.15) is 18.1 Å². The van der Waals surface area contributed by atoms with Gasteiger partial charge in [0.05, 0.1) is 0 Å². The smallest absolute Gasteiger partial charge is 0.159 e. The fraction of sp³-hybridized carbons (Fsp3) is 0.231. The fourth-order valence-electron chi connectivity index (χ4n) is 1.53. The van der Waals surface area contributed by atoms with Crippen molar-refractivity contribution < 1.29 is 8.78 Å². The van der Waals surface area contributed by atoms with Gasteiger partial charge in [-0.05, 0) is 37.1 Å². The maximum absolute atomic E-state index is 13.1. The number of halogens is 2. The first-order valence-corrected chi connectivity index (χ1v) is 4.68. The Morgan fingerprint density at radius 1 is 1.13 bits per heavy atom. The largest absolute Gasteiger partial charge is 0.204 e. The van der Waals surface area contributed by atoms with Crippen LogP contribution in [0.15, 0.2) is 37.4 Å². The maximum Gasteiger partial charge on any atom is 0.159 e. The third-order valence-corrected chi connectivity index (χ3v) is 2.70. The Labute approximate surface area is 88.9 Å². The Hall–Kier alpha value is -1.44. The van der Waals surface area contributed by atoms with E-state index in [1.807, 2.05) is 6.92 Å². The number of hydrogen-bond acceptors (Lipinski definition) is 0. The Kier molecular flexibility index (Phi) is 3.08. The van der Waals surface area contributed by atoms with Gasteiger partial charge in [-0.2, -0.15) is 0 Å². The minimum Gasteiger partial charge on any atom is -0.204 e. The molecule has 0 aromatic heterocycles. The van der Waals surface area contributed by atoms with Crippen LogP contribution < -0.4 is 0 Å². The number of hydrogen-bond donors (Lipinski definition) is 0. The monoisotopic (exact) mass is 208 g/mol. The van der Waals surface area contributed by atoms with Crippen LogP contribution in [-0.4, -0.2) is 0 Å². The van der Waals surface area contributed by atoms with E-state index in [0.717, 1.165) is 0 Å². The van der Waals surface area contributed by atoms with Gasteiger partial charge in [-0.3, -0.25) is 0 Å². The van der Waals surface area contributed by atoms with Crippen molar-refractivity contribution in [2.24, 2.45) is 0 Å². The molecular formula is C13H14F2. The van der Waals surface area contributed by atoms with E-state index in [1.54, 1.807) is 19.1 Å². The van der Waals surface area contributed by atoms with E-state index in [4.69, 9.17) is 0 Å². The van der Waals surface area contributed by atoms with E-state index >= 15 is 0 Å². The first-order valence-electron chi connectivity index (χ1n) is 4.68. The molecule has 0 saturated heterocycles. The fourth-order valence-corrected chi connectivity index (χ4v) is 1.53. The number of benzene rings is 1. The molecule has 0 saturated carbocycles. The molecule has 0 amide bonds. The first-order chi connectivity index (χ1) is 6.94. The Bertz CT molecular complexity index is 397. The lowest BCUT2D eigenvalue weighted by molar-refractivity contribution is 0.503. The van der Waals surface area contributed by atoms with Crippen molar-refractivity contribution in [3.05, 3.63) is 60.2 Å². The minimum absolute atomic E-state index is 0.529. The molecule has 1 aromatic carbocycles. The van der Waals surface area contributed by atoms with Gasteiger partial charge < -0.3 is 0 Å². The maximum atomic E-state index is 13.1. The Balaban J connectivity index is 3.43. The summed E-state index contributed by atoms with van der Waals surface area (Å²) < 4.78 is 26.0. The van der Waals surface area contributed by atoms with Gasteiger partial charge in [-0.15, -0.1) is 13.2 Å². The summed E-state index contributed by atoms with van der Waals surface area (Å²) in [5, 5.41) is 0. The Morgan fingerprint density at radius 2 is 1.60 bits per heavy atom. The van der Waals surface area contributed by atoms with Gasteiger partial charge in [-0.25, -0.2) is 8.78 Å². The molecule has 0 N–H and O–H groups in total. The second-order valence-electron chi connectivity index (χ2n) is 3.77. The van der Waals surface area contributed by atoms with Crippen molar-refractivity contribution in [3.63, 3.8) is 0 Å². The van der Waals surface area contributed by atoms with E-state index in [0.29, 0.717) is 11.1 Å². The second-order valence-corrected chi connectivity index (χ2v) is 3.77. The molecule has 0 heterocycles. The number of aryl methyl sites for hydroxylation is 1. The molecular weight excluding hydrogens is 194 g/mol. The zero-order valence-corrected chi connectivity index (χ0v) is 8.98. The predicted octanol–water partition coefficient (Wildman–Crippen LogP) is 3.90. The summed E-state index contributed by atoms with van der Waals surface area (Å²) in [5.41, 5.74) is 0.848. The van der Waals surface area contributed by atoms with Gasteiger partial charge in [-0.1, -0.05) is 12.2 Å². The van der Waals surface area contributed by atoms with Crippen LogP contribution in [0.2, 0.25) is 0 Å². The summed E-state index contributed by atoms with van der Waals surface area (Å²) in [6.45, 7) is 11.0. The molecule has 15 heavy (non-hydrogen) atoms. The van der Waals surface area contributed by atoms with E-state index in [1.165, 1.54) is 12.1 Å². The minimum atomic E-state index is -0.842. The summed E-state index contributed by atoms with van der Waals surface area (Å²) >= 11 is 0. The van der Waals surface area contributed by atoms with Crippen LogP contribution in [0, 0.1) is 18.6 Å². The average molecular weight is 208 g/mol. The highest BCUT2D eigenvalue weighted by atomic mass is 19.2. The van der Waals surface area contributed by atoms with Gasteiger partial charge in [0.2, 0.25) is 0 Å². The van der Waals surface area contributed by atoms with Gasteiger partial charge >= 0.3 is 0 Å². The van der Waals surface area contributed by atoms with Crippen molar-refractivity contribution in [2.75, 3.05) is 0 Å². The molecule has 2 heteroatoms. The highest BCUT2D eigenvalue weighted by Crippen LogP contribution is 2.30. The third-order valence-electron chi connectivity index (χ3n) is 2.70. The molecule has 0 aliphatic carbocycles. The lowest BCUT2D eigenvalue weighted by Gasteiger charge is -2.24. The summed E-state index contributed by atoms with van der Waals surface area (Å²) in [5.74, 6) is -1.67. The third kappa shape index (κ3) is 1.99. The highest BCUT2D eigenvalue weighted by molar-refractivity contribution is 5.40. The lowest BCUT2D eigenvalue weighted by atomic mass is 9.80. The summed E-state index contributed by atoms with van der Waals surface area (Å²) in [6.07, 6.45) is 3.33. The van der Waals surface area contributed by atoms with E-state index in [2.05, 4.69) is 13.2 Å². The van der Waals surface area contributed by atoms with Crippen LogP contribution in [0.25, 0.3) is 0 Å². The van der Waals surface area contributed by atoms with Crippen molar-refractivity contribution in [1.82, 2.24) is 0 Å². The first kappa shape index (κ1) is 11.6. The van der Waals surface area contributed by atoms with Crippen molar-refractivity contribution in [1.29, 1.82) is 0 Å². The van der Waals surface area contributed by atoms with Crippen LogP contribution in [0.5, 0.6) is 0 Å². The molecule has 0 spiro atoms. The van der Waals surface area contributed by atoms with E-state index < -0.39 is 17.0 Å². The highest BCUT2D eigenvalue weighted by Gasteiger charge is 2.22. The number of allylic oxidation sites excluding steroid dienone is 2. The van der Waals surface area contributed by atoms with Crippen LogP contribution in [0.3, 0.4) is 0 Å². The summed E-state index contributed by atoms with van der Waals surface area (Å²) in [4.78, 5) is 0. The predicted molar refractivity (Wildman–Crippen MR) is 58.8 cm³/mol. The van der Waals surface area contributed by atoms with Gasteiger partial charge in [0.25, 0.3) is 0 Å². The topological polar surface area (TPSA) is 0 Å². The van der Waals surface area contributed by atoms with Crippen LogP contribution in [0.4, 0.5) is 8.78 Å². The molecule has 0 atom stereocenters. The zero-order chi connectivity index (χ0) is 11.6. The van der Waals surface area contributed by atoms with Crippen LogP contribution in [-0.2, 0) is 5.41 Å². The number of rotatable bonds is 3. The van der Waals surface area contributed by atoms with Crippen molar-refractivity contribution >= 4 is 0 Å². The average Bonchev–Trinajstić information content (AvgIpc) is 2.22. The van der Waals surface area contributed by atoms with Gasteiger partial charge in [0, 0.05) is 5.41 Å². The van der Waals surface area contributed by atoms with Crippen LogP contribution >= 0.6 is 0 Å². The normalized spacial score (nSPS) is 11.2. The SMILES string of the molecule is C=CC(C)(C=C)c1cc(F)c(F)cc1C. The lowest BCUT2D eigenvalue weighted by Crippen LogP contribution is -2.17. The molecule has 80 valence electrons. The second kappa shape index (κ2) is 3.97.